The number of anilines is 1. The second-order valence-corrected chi connectivity index (χ2v) is 6.39. The van der Waals surface area contributed by atoms with E-state index in [1.165, 1.54) is 0 Å². The molecular weight excluding hydrogens is 359 g/mol. The first kappa shape index (κ1) is 18.2. The average molecular weight is 379 g/mol. The van der Waals surface area contributed by atoms with Gasteiger partial charge in [0.25, 0.3) is 0 Å². The Balaban J connectivity index is 1.79. The van der Waals surface area contributed by atoms with E-state index < -0.39 is 0 Å². The van der Waals surface area contributed by atoms with Gasteiger partial charge in [-0.2, -0.15) is 5.06 Å². The number of hydrogen-bond donors (Lipinski definition) is 1. The van der Waals surface area contributed by atoms with Crippen LogP contribution in [-0.4, -0.2) is 36.0 Å². The van der Waals surface area contributed by atoms with Gasteiger partial charge in [-0.25, -0.2) is 0 Å². The highest BCUT2D eigenvalue weighted by Gasteiger charge is 2.32. The molecule has 1 aromatic heterocycles. The summed E-state index contributed by atoms with van der Waals surface area (Å²) in [6.07, 6.45) is 3.38. The largest absolute Gasteiger partial charge is 0.335 e. The Labute approximate surface area is 157 Å². The van der Waals surface area contributed by atoms with Crippen LogP contribution in [0.4, 0.5) is 5.69 Å². The van der Waals surface area contributed by atoms with Gasteiger partial charge in [-0.1, -0.05) is 41.4 Å². The van der Waals surface area contributed by atoms with E-state index in [0.717, 1.165) is 24.5 Å². The Hall–Kier alpha value is -1.63. The third-order valence-electron chi connectivity index (χ3n) is 3.88. The predicted octanol–water partition coefficient (Wildman–Crippen LogP) is 3.70. The lowest BCUT2D eigenvalue weighted by molar-refractivity contribution is -0.181. The van der Waals surface area contributed by atoms with Gasteiger partial charge in [0.05, 0.1) is 21.4 Å². The molecule has 0 aliphatic carbocycles. The molecular formula is C18H20Cl2N4O. The molecule has 2 heterocycles. The summed E-state index contributed by atoms with van der Waals surface area (Å²) in [7, 11) is 0. The van der Waals surface area contributed by atoms with Crippen molar-refractivity contribution >= 4 is 28.9 Å². The number of rotatable bonds is 7. The van der Waals surface area contributed by atoms with Crippen LogP contribution in [0.2, 0.25) is 10.0 Å². The average Bonchev–Trinajstić information content (AvgIpc) is 3.08. The fraction of sp³-hybridized carbons (Fsp3) is 0.278. The summed E-state index contributed by atoms with van der Waals surface area (Å²) in [5.41, 5.74) is 1.63. The molecule has 1 fully saturated rings. The van der Waals surface area contributed by atoms with E-state index in [2.05, 4.69) is 16.9 Å². The van der Waals surface area contributed by atoms with Crippen molar-refractivity contribution in [2.45, 2.75) is 12.9 Å². The highest BCUT2D eigenvalue weighted by molar-refractivity contribution is 6.39. The molecule has 1 unspecified atom stereocenters. The summed E-state index contributed by atoms with van der Waals surface area (Å²) in [5.74, 6) is 0. The third kappa shape index (κ3) is 4.32. The highest BCUT2D eigenvalue weighted by atomic mass is 35.5. The SMILES string of the molecule is C=CCN(c1c(Cl)cccc1Cl)C1NCCN1OCc1ccccn1. The molecule has 1 aromatic carbocycles. The van der Waals surface area contributed by atoms with Crippen molar-refractivity contribution in [3.05, 3.63) is 71.0 Å². The quantitative estimate of drug-likeness (QED) is 0.743. The standard InChI is InChI=1S/C18H20Cl2N4O/c1-2-11-23(17-15(19)7-5-8-16(17)20)18-22-10-12-24(18)25-13-14-6-3-4-9-21-14/h2-9,18,22H,1,10-13H2. The normalized spacial score (nSPS) is 17.6. The number of nitrogens with one attached hydrogen (secondary N) is 1. The molecule has 1 atom stereocenters. The zero-order valence-electron chi connectivity index (χ0n) is 13.7. The van der Waals surface area contributed by atoms with Crippen molar-refractivity contribution in [2.24, 2.45) is 0 Å². The lowest BCUT2D eigenvalue weighted by Gasteiger charge is -2.36. The van der Waals surface area contributed by atoms with E-state index in [-0.39, 0.29) is 6.29 Å². The molecule has 1 aliphatic rings. The Morgan fingerprint density at radius 1 is 1.28 bits per heavy atom. The minimum atomic E-state index is -0.195. The Bertz CT molecular complexity index is 693. The maximum absolute atomic E-state index is 6.40. The Morgan fingerprint density at radius 3 is 2.76 bits per heavy atom. The molecule has 0 saturated carbocycles. The highest BCUT2D eigenvalue weighted by Crippen LogP contribution is 2.35. The second-order valence-electron chi connectivity index (χ2n) is 5.57. The molecule has 132 valence electrons. The van der Waals surface area contributed by atoms with Crippen LogP contribution in [0.25, 0.3) is 0 Å². The molecule has 25 heavy (non-hydrogen) atoms. The maximum Gasteiger partial charge on any atom is 0.160 e. The van der Waals surface area contributed by atoms with Crippen LogP contribution in [0.3, 0.4) is 0 Å². The van der Waals surface area contributed by atoms with Crippen LogP contribution in [0.5, 0.6) is 0 Å². The lowest BCUT2D eigenvalue weighted by atomic mass is 10.2. The molecule has 7 heteroatoms. The van der Waals surface area contributed by atoms with Gasteiger partial charge in [0.15, 0.2) is 6.29 Å². The van der Waals surface area contributed by atoms with Crippen LogP contribution in [0.15, 0.2) is 55.3 Å². The summed E-state index contributed by atoms with van der Waals surface area (Å²) >= 11 is 12.8. The molecule has 5 nitrogen and oxygen atoms in total. The van der Waals surface area contributed by atoms with Crippen molar-refractivity contribution in [3.8, 4) is 0 Å². The number of halogens is 2. The Morgan fingerprint density at radius 2 is 2.08 bits per heavy atom. The fourth-order valence-corrected chi connectivity index (χ4v) is 3.39. The number of pyridine rings is 1. The monoisotopic (exact) mass is 378 g/mol. The maximum atomic E-state index is 6.40. The number of nitrogens with zero attached hydrogens (tertiary/aromatic N) is 3. The number of hydroxylamine groups is 2. The molecule has 1 saturated heterocycles. The van der Waals surface area contributed by atoms with Crippen LogP contribution in [0, 0.1) is 0 Å². The van der Waals surface area contributed by atoms with E-state index in [0.29, 0.717) is 23.2 Å². The van der Waals surface area contributed by atoms with Crippen molar-refractivity contribution in [1.82, 2.24) is 15.4 Å². The van der Waals surface area contributed by atoms with Crippen LogP contribution < -0.4 is 10.2 Å². The molecule has 0 bridgehead atoms. The van der Waals surface area contributed by atoms with Crippen molar-refractivity contribution in [3.63, 3.8) is 0 Å². The van der Waals surface area contributed by atoms with E-state index in [9.17, 15) is 0 Å². The summed E-state index contributed by atoms with van der Waals surface area (Å²) < 4.78 is 0. The van der Waals surface area contributed by atoms with Gasteiger partial charge in [-0.15, -0.1) is 6.58 Å². The number of aromatic nitrogens is 1. The molecule has 1 aliphatic heterocycles. The van der Waals surface area contributed by atoms with Gasteiger partial charge in [-0.3, -0.25) is 15.1 Å². The first-order chi connectivity index (χ1) is 12.2. The molecule has 0 radical (unpaired) electrons. The van der Waals surface area contributed by atoms with Gasteiger partial charge in [0.2, 0.25) is 0 Å². The number of hydrogen-bond acceptors (Lipinski definition) is 5. The predicted molar refractivity (Wildman–Crippen MR) is 102 cm³/mol. The molecule has 2 aromatic rings. The topological polar surface area (TPSA) is 40.6 Å². The Kier molecular flexibility index (Phi) is 6.29. The summed E-state index contributed by atoms with van der Waals surface area (Å²) in [5, 5.41) is 6.49. The molecule has 0 spiro atoms. The number of para-hydroxylation sites is 1. The zero-order chi connectivity index (χ0) is 17.6. The second kappa shape index (κ2) is 8.65. The molecule has 3 rings (SSSR count). The fourth-order valence-electron chi connectivity index (χ4n) is 2.78. The van der Waals surface area contributed by atoms with E-state index in [1.54, 1.807) is 6.20 Å². The minimum Gasteiger partial charge on any atom is -0.335 e. The van der Waals surface area contributed by atoms with E-state index in [1.807, 2.05) is 52.4 Å². The lowest BCUT2D eigenvalue weighted by Crippen LogP contribution is -2.51. The third-order valence-corrected chi connectivity index (χ3v) is 4.49. The van der Waals surface area contributed by atoms with E-state index in [4.69, 9.17) is 28.0 Å². The van der Waals surface area contributed by atoms with Gasteiger partial charge >= 0.3 is 0 Å². The first-order valence-corrected chi connectivity index (χ1v) is 8.80. The van der Waals surface area contributed by atoms with Gasteiger partial charge in [-0.05, 0) is 24.3 Å². The zero-order valence-corrected chi connectivity index (χ0v) is 15.2. The summed E-state index contributed by atoms with van der Waals surface area (Å²) in [4.78, 5) is 12.3. The van der Waals surface area contributed by atoms with Crippen LogP contribution >= 0.6 is 23.2 Å². The smallest absolute Gasteiger partial charge is 0.160 e. The summed E-state index contributed by atoms with van der Waals surface area (Å²) in [6, 6.07) is 11.2. The number of benzene rings is 1. The van der Waals surface area contributed by atoms with Gasteiger partial charge in [0, 0.05) is 25.8 Å². The van der Waals surface area contributed by atoms with Gasteiger partial charge < -0.3 is 4.90 Å². The van der Waals surface area contributed by atoms with Crippen LogP contribution in [-0.2, 0) is 11.4 Å². The van der Waals surface area contributed by atoms with Crippen molar-refractivity contribution < 1.29 is 4.84 Å². The van der Waals surface area contributed by atoms with Crippen molar-refractivity contribution in [2.75, 3.05) is 24.5 Å². The first-order valence-electron chi connectivity index (χ1n) is 8.05. The molecule has 0 amide bonds. The van der Waals surface area contributed by atoms with Gasteiger partial charge in [0.1, 0.15) is 6.61 Å². The van der Waals surface area contributed by atoms with E-state index >= 15 is 0 Å². The van der Waals surface area contributed by atoms with Crippen molar-refractivity contribution in [1.29, 1.82) is 0 Å². The minimum absolute atomic E-state index is 0.195. The summed E-state index contributed by atoms with van der Waals surface area (Å²) in [6.45, 7) is 6.36. The van der Waals surface area contributed by atoms with Crippen LogP contribution in [0.1, 0.15) is 5.69 Å². The molecule has 1 N–H and O–H groups in total.